The molecule has 1 unspecified atom stereocenters. The van der Waals surface area contributed by atoms with Crippen LogP contribution in [0.15, 0.2) is 42.5 Å². The summed E-state index contributed by atoms with van der Waals surface area (Å²) in [6, 6.07) is 9.23. The lowest BCUT2D eigenvalue weighted by molar-refractivity contribution is -0.138. The predicted octanol–water partition coefficient (Wildman–Crippen LogP) is 3.73. The molecule has 0 bridgehead atoms. The Bertz CT molecular complexity index is 663. The number of carboxylic acids is 1. The van der Waals surface area contributed by atoms with E-state index in [0.29, 0.717) is 17.0 Å². The van der Waals surface area contributed by atoms with Gasteiger partial charge in [-0.25, -0.2) is 9.18 Å². The normalized spacial score (nSPS) is 11.8. The summed E-state index contributed by atoms with van der Waals surface area (Å²) in [7, 11) is 1.43. The minimum Gasteiger partial charge on any atom is -0.496 e. The first-order chi connectivity index (χ1) is 10.0. The van der Waals surface area contributed by atoms with Crippen LogP contribution < -0.4 is 10.1 Å². The van der Waals surface area contributed by atoms with E-state index in [1.807, 2.05) is 0 Å². The first-order valence-corrected chi connectivity index (χ1v) is 6.48. The van der Waals surface area contributed by atoms with Crippen molar-refractivity contribution in [2.75, 3.05) is 12.4 Å². The van der Waals surface area contributed by atoms with Crippen LogP contribution >= 0.6 is 11.6 Å². The summed E-state index contributed by atoms with van der Waals surface area (Å²) in [4.78, 5) is 11.5. The van der Waals surface area contributed by atoms with E-state index in [2.05, 4.69) is 5.32 Å². The van der Waals surface area contributed by atoms with Gasteiger partial charge in [0.05, 0.1) is 12.1 Å². The molecule has 6 heteroatoms. The van der Waals surface area contributed by atoms with Gasteiger partial charge in [-0.15, -0.1) is 0 Å². The van der Waals surface area contributed by atoms with Crippen LogP contribution in [0.4, 0.5) is 10.1 Å². The summed E-state index contributed by atoms with van der Waals surface area (Å²) in [5.74, 6) is -1.26. The van der Waals surface area contributed by atoms with Gasteiger partial charge >= 0.3 is 5.97 Å². The number of ether oxygens (including phenoxy) is 1. The van der Waals surface area contributed by atoms with E-state index >= 15 is 0 Å². The Kier molecular flexibility index (Phi) is 4.65. The maximum absolute atomic E-state index is 13.2. The highest BCUT2D eigenvalue weighted by Crippen LogP contribution is 2.34. The Morgan fingerprint density at radius 1 is 1.33 bits per heavy atom. The molecule has 0 fully saturated rings. The van der Waals surface area contributed by atoms with Crippen molar-refractivity contribution < 1.29 is 19.0 Å². The second kappa shape index (κ2) is 6.45. The number of methoxy groups -OCH3 is 1. The fraction of sp³-hybridized carbons (Fsp3) is 0.133. The van der Waals surface area contributed by atoms with E-state index in [0.717, 1.165) is 0 Å². The van der Waals surface area contributed by atoms with Gasteiger partial charge < -0.3 is 15.2 Å². The summed E-state index contributed by atoms with van der Waals surface area (Å²) in [6.07, 6.45) is 0. The first-order valence-electron chi connectivity index (χ1n) is 6.10. The summed E-state index contributed by atoms with van der Waals surface area (Å²) < 4.78 is 18.4. The molecule has 2 rings (SSSR count). The third kappa shape index (κ3) is 3.44. The molecule has 2 N–H and O–H groups in total. The second-order valence-electron chi connectivity index (χ2n) is 4.28. The molecule has 21 heavy (non-hydrogen) atoms. The third-order valence-corrected chi connectivity index (χ3v) is 3.23. The van der Waals surface area contributed by atoms with Crippen molar-refractivity contribution in [2.45, 2.75) is 6.04 Å². The van der Waals surface area contributed by atoms with Gasteiger partial charge in [0, 0.05) is 11.3 Å². The molecule has 1 atom stereocenters. The average molecular weight is 310 g/mol. The SMILES string of the molecule is COc1cccc(Cl)c1C(Nc1cccc(F)c1)C(=O)O. The molecule has 4 nitrogen and oxygen atoms in total. The minimum absolute atomic E-state index is 0.255. The molecule has 0 heterocycles. The monoisotopic (exact) mass is 309 g/mol. The number of carboxylic acid groups (broad SMARTS) is 1. The Hall–Kier alpha value is -2.27. The van der Waals surface area contributed by atoms with Crippen LogP contribution in [0.25, 0.3) is 0 Å². The molecular formula is C15H13ClFNO3. The molecule has 0 spiro atoms. The highest BCUT2D eigenvalue weighted by atomic mass is 35.5. The summed E-state index contributed by atoms with van der Waals surface area (Å²) in [5, 5.41) is 12.4. The van der Waals surface area contributed by atoms with Gasteiger partial charge in [0.2, 0.25) is 0 Å². The highest BCUT2D eigenvalue weighted by molar-refractivity contribution is 6.31. The molecule has 2 aromatic rings. The Balaban J connectivity index is 2.43. The predicted molar refractivity (Wildman–Crippen MR) is 78.4 cm³/mol. The van der Waals surface area contributed by atoms with Gasteiger partial charge in [-0.3, -0.25) is 0 Å². The van der Waals surface area contributed by atoms with E-state index in [-0.39, 0.29) is 5.02 Å². The van der Waals surface area contributed by atoms with E-state index in [4.69, 9.17) is 16.3 Å². The molecular weight excluding hydrogens is 297 g/mol. The van der Waals surface area contributed by atoms with Crippen molar-refractivity contribution in [3.05, 3.63) is 58.9 Å². The topological polar surface area (TPSA) is 58.6 Å². The van der Waals surface area contributed by atoms with E-state index < -0.39 is 17.8 Å². The second-order valence-corrected chi connectivity index (χ2v) is 4.69. The molecule has 0 aliphatic carbocycles. The molecule has 0 amide bonds. The Morgan fingerprint density at radius 2 is 2.05 bits per heavy atom. The largest absolute Gasteiger partial charge is 0.496 e. The van der Waals surface area contributed by atoms with Crippen LogP contribution in [0.5, 0.6) is 5.75 Å². The standard InChI is InChI=1S/C15H13ClFNO3/c1-21-12-7-3-6-11(16)13(12)14(15(19)20)18-10-5-2-4-9(17)8-10/h2-8,14,18H,1H3,(H,19,20). The maximum atomic E-state index is 13.2. The number of nitrogens with one attached hydrogen (secondary N) is 1. The van der Waals surface area contributed by atoms with Crippen molar-refractivity contribution in [1.82, 2.24) is 0 Å². The maximum Gasteiger partial charge on any atom is 0.331 e. The third-order valence-electron chi connectivity index (χ3n) is 2.90. The van der Waals surface area contributed by atoms with Crippen molar-refractivity contribution >= 4 is 23.3 Å². The molecule has 0 aliphatic rings. The van der Waals surface area contributed by atoms with Gasteiger partial charge in [-0.05, 0) is 30.3 Å². The van der Waals surface area contributed by atoms with Crippen LogP contribution in [-0.4, -0.2) is 18.2 Å². The zero-order valence-electron chi connectivity index (χ0n) is 11.1. The molecule has 0 saturated carbocycles. The molecule has 0 saturated heterocycles. The van der Waals surface area contributed by atoms with Gasteiger partial charge in [0.1, 0.15) is 11.6 Å². The number of hydrogen-bond acceptors (Lipinski definition) is 3. The zero-order chi connectivity index (χ0) is 15.4. The van der Waals surface area contributed by atoms with Gasteiger partial charge in [0.15, 0.2) is 6.04 Å². The van der Waals surface area contributed by atoms with Crippen LogP contribution in [-0.2, 0) is 4.79 Å². The number of halogens is 2. The quantitative estimate of drug-likeness (QED) is 0.883. The van der Waals surface area contributed by atoms with Gasteiger partial charge in [-0.1, -0.05) is 23.7 Å². The van der Waals surface area contributed by atoms with Crippen LogP contribution in [0.1, 0.15) is 11.6 Å². The molecule has 2 aromatic carbocycles. The molecule has 0 aromatic heterocycles. The van der Waals surface area contributed by atoms with Crippen LogP contribution in [0, 0.1) is 5.82 Å². The van der Waals surface area contributed by atoms with Crippen LogP contribution in [0.2, 0.25) is 5.02 Å². The van der Waals surface area contributed by atoms with Crippen molar-refractivity contribution in [3.63, 3.8) is 0 Å². The minimum atomic E-state index is -1.16. The lowest BCUT2D eigenvalue weighted by Crippen LogP contribution is -2.21. The van der Waals surface area contributed by atoms with Crippen molar-refractivity contribution in [2.24, 2.45) is 0 Å². The van der Waals surface area contributed by atoms with Crippen LogP contribution in [0.3, 0.4) is 0 Å². The van der Waals surface area contributed by atoms with E-state index in [1.165, 1.54) is 25.3 Å². The fourth-order valence-corrected chi connectivity index (χ4v) is 2.25. The Morgan fingerprint density at radius 3 is 2.67 bits per heavy atom. The molecule has 0 aliphatic heterocycles. The lowest BCUT2D eigenvalue weighted by atomic mass is 10.0. The first kappa shape index (κ1) is 15.1. The Labute approximate surface area is 126 Å². The molecule has 0 radical (unpaired) electrons. The van der Waals surface area contributed by atoms with Gasteiger partial charge in [-0.2, -0.15) is 0 Å². The van der Waals surface area contributed by atoms with Crippen molar-refractivity contribution in [3.8, 4) is 5.75 Å². The molecule has 110 valence electrons. The van der Waals surface area contributed by atoms with E-state index in [1.54, 1.807) is 24.3 Å². The summed E-state index contributed by atoms with van der Waals surface area (Å²) in [6.45, 7) is 0. The smallest absolute Gasteiger partial charge is 0.331 e. The number of hydrogen-bond donors (Lipinski definition) is 2. The van der Waals surface area contributed by atoms with Crippen molar-refractivity contribution in [1.29, 1.82) is 0 Å². The lowest BCUT2D eigenvalue weighted by Gasteiger charge is -2.20. The summed E-state index contributed by atoms with van der Waals surface area (Å²) >= 11 is 6.09. The average Bonchev–Trinajstić information content (AvgIpc) is 2.45. The number of carbonyl (C=O) groups is 1. The zero-order valence-corrected chi connectivity index (χ0v) is 11.9. The number of rotatable bonds is 5. The van der Waals surface area contributed by atoms with Gasteiger partial charge in [0.25, 0.3) is 0 Å². The number of anilines is 1. The highest BCUT2D eigenvalue weighted by Gasteiger charge is 2.26. The fourth-order valence-electron chi connectivity index (χ4n) is 1.98. The number of benzene rings is 2. The number of aliphatic carboxylic acids is 1. The van der Waals surface area contributed by atoms with E-state index in [9.17, 15) is 14.3 Å². The summed E-state index contributed by atoms with van der Waals surface area (Å²) in [5.41, 5.74) is 0.628.